The molecule has 0 saturated carbocycles. The molecule has 13 rings (SSSR count). The second kappa shape index (κ2) is 15.0. The number of para-hydroxylation sites is 1. The highest BCUT2D eigenvalue weighted by molar-refractivity contribution is 6.29. The van der Waals surface area contributed by atoms with Crippen LogP contribution in [0.5, 0.6) is 0 Å². The van der Waals surface area contributed by atoms with Crippen LogP contribution in [-0.4, -0.2) is 0 Å². The monoisotopic (exact) mass is 862 g/mol. The minimum absolute atomic E-state index is 0.303. The van der Waals surface area contributed by atoms with Crippen molar-refractivity contribution in [3.05, 3.63) is 229 Å². The summed E-state index contributed by atoms with van der Waals surface area (Å²) in [6.45, 7) is 6.60. The van der Waals surface area contributed by atoms with Crippen molar-refractivity contribution < 1.29 is 8.81 Å². The van der Waals surface area contributed by atoms with E-state index >= 15 is 4.39 Å². The average molecular weight is 863 g/mol. The summed E-state index contributed by atoms with van der Waals surface area (Å²) >= 11 is 0. The third-order valence-corrected chi connectivity index (χ3v) is 13.8. The Morgan fingerprint density at radius 3 is 1.57 bits per heavy atom. The van der Waals surface area contributed by atoms with Crippen LogP contribution in [0.1, 0.15) is 16.7 Å². The van der Waals surface area contributed by atoms with Gasteiger partial charge in [0.1, 0.15) is 17.0 Å². The quantitative estimate of drug-likeness (QED) is 0.142. The third kappa shape index (κ3) is 6.10. The molecule has 0 spiro atoms. The maximum Gasteiger partial charge on any atom is 0.148 e. The van der Waals surface area contributed by atoms with Gasteiger partial charge in [-0.05, 0) is 129 Å². The molecule has 0 bridgehead atoms. The van der Waals surface area contributed by atoms with Gasteiger partial charge in [-0.15, -0.1) is 0 Å². The Balaban J connectivity index is 1.08. The van der Waals surface area contributed by atoms with Crippen LogP contribution in [0.25, 0.3) is 87.3 Å². The summed E-state index contributed by atoms with van der Waals surface area (Å²) in [7, 11) is 0. The molecular formula is C63H43FN2O. The highest BCUT2D eigenvalue weighted by Crippen LogP contribution is 2.51. The average Bonchev–Trinajstić information content (AvgIpc) is 3.75. The molecule has 0 aliphatic rings. The molecule has 0 atom stereocenters. The molecule has 0 saturated heterocycles. The molecule has 13 aromatic rings. The van der Waals surface area contributed by atoms with Gasteiger partial charge in [0, 0.05) is 38.9 Å². The fourth-order valence-corrected chi connectivity index (χ4v) is 11.1. The molecule has 0 N–H and O–H groups in total. The number of aryl methyl sites for hydroxylation is 3. The summed E-state index contributed by atoms with van der Waals surface area (Å²) in [5.41, 5.74) is 14.4. The molecule has 0 radical (unpaired) electrons. The number of anilines is 6. The molecule has 1 heterocycles. The number of halogens is 1. The zero-order valence-corrected chi connectivity index (χ0v) is 37.3. The van der Waals surface area contributed by atoms with E-state index in [1.165, 1.54) is 27.5 Å². The Morgan fingerprint density at radius 2 is 0.910 bits per heavy atom. The standard InChI is InChI=1S/C63H43FN2O/c1-38-32-39(2)62(40(3)33-38)66(49-34-46-23-22-43-18-13-21-56-60(43)61(46)57(37-49)67-56)55-31-27-45-24-28-50-54(30-26-44-25-29-51(55)59(45)58(44)50)65(48-19-11-6-12-20-48)63-52(42-16-9-5-10-17-42)35-47(36-53(63)64)41-14-7-4-8-15-41/h4-37H,1-3H3. The van der Waals surface area contributed by atoms with Crippen molar-refractivity contribution in [3.63, 3.8) is 0 Å². The number of hydrogen-bond acceptors (Lipinski definition) is 3. The smallest absolute Gasteiger partial charge is 0.148 e. The van der Waals surface area contributed by atoms with Crippen molar-refractivity contribution in [3.8, 4) is 22.3 Å². The minimum Gasteiger partial charge on any atom is -0.456 e. The van der Waals surface area contributed by atoms with Crippen LogP contribution in [0.3, 0.4) is 0 Å². The largest absolute Gasteiger partial charge is 0.456 e. The van der Waals surface area contributed by atoms with Crippen LogP contribution in [0.15, 0.2) is 211 Å². The predicted octanol–water partition coefficient (Wildman–Crippen LogP) is 18.4. The fourth-order valence-electron chi connectivity index (χ4n) is 11.1. The Labute approximate surface area is 387 Å². The van der Waals surface area contributed by atoms with Crippen LogP contribution in [0.2, 0.25) is 0 Å². The lowest BCUT2D eigenvalue weighted by Gasteiger charge is -2.32. The van der Waals surface area contributed by atoms with E-state index < -0.39 is 0 Å². The first-order chi connectivity index (χ1) is 32.9. The third-order valence-electron chi connectivity index (χ3n) is 13.8. The molecule has 3 nitrogen and oxygen atoms in total. The molecule has 318 valence electrons. The van der Waals surface area contributed by atoms with Crippen LogP contribution in [0, 0.1) is 26.6 Å². The van der Waals surface area contributed by atoms with Gasteiger partial charge in [-0.1, -0.05) is 157 Å². The normalized spacial score (nSPS) is 11.9. The number of furan rings is 1. The van der Waals surface area contributed by atoms with Gasteiger partial charge in [-0.25, -0.2) is 4.39 Å². The van der Waals surface area contributed by atoms with Crippen molar-refractivity contribution in [2.45, 2.75) is 20.8 Å². The van der Waals surface area contributed by atoms with E-state index in [1.807, 2.05) is 66.7 Å². The van der Waals surface area contributed by atoms with Gasteiger partial charge in [-0.2, -0.15) is 0 Å². The Morgan fingerprint density at radius 1 is 0.373 bits per heavy atom. The lowest BCUT2D eigenvalue weighted by molar-refractivity contribution is 0.630. The maximum absolute atomic E-state index is 17.6. The molecule has 0 fully saturated rings. The second-order valence-electron chi connectivity index (χ2n) is 18.0. The molecular weight excluding hydrogens is 820 g/mol. The van der Waals surface area contributed by atoms with E-state index in [2.05, 4.69) is 164 Å². The molecule has 0 aliphatic carbocycles. The minimum atomic E-state index is -0.303. The fraction of sp³-hybridized carbons (Fsp3) is 0.0476. The summed E-state index contributed by atoms with van der Waals surface area (Å²) in [5.74, 6) is -0.303. The second-order valence-corrected chi connectivity index (χ2v) is 18.0. The van der Waals surface area contributed by atoms with Gasteiger partial charge in [0.05, 0.1) is 28.4 Å². The first-order valence-corrected chi connectivity index (χ1v) is 22.9. The zero-order chi connectivity index (χ0) is 44.9. The summed E-state index contributed by atoms with van der Waals surface area (Å²) in [6, 6.07) is 72.0. The number of rotatable bonds is 8. The van der Waals surface area contributed by atoms with Crippen molar-refractivity contribution in [2.75, 3.05) is 9.80 Å². The molecule has 0 amide bonds. The molecule has 0 aliphatic heterocycles. The van der Waals surface area contributed by atoms with Gasteiger partial charge in [-0.3, -0.25) is 0 Å². The Kier molecular flexibility index (Phi) is 8.75. The van der Waals surface area contributed by atoms with Gasteiger partial charge in [0.25, 0.3) is 0 Å². The first-order valence-electron chi connectivity index (χ1n) is 22.9. The molecule has 12 aromatic carbocycles. The van der Waals surface area contributed by atoms with Crippen molar-refractivity contribution in [1.29, 1.82) is 0 Å². The summed E-state index contributed by atoms with van der Waals surface area (Å²) in [5, 5.41) is 11.3. The van der Waals surface area contributed by atoms with Gasteiger partial charge in [0.15, 0.2) is 0 Å². The van der Waals surface area contributed by atoms with Crippen LogP contribution in [-0.2, 0) is 0 Å². The van der Waals surface area contributed by atoms with E-state index in [-0.39, 0.29) is 5.82 Å². The van der Waals surface area contributed by atoms with Crippen molar-refractivity contribution >= 4 is 99.2 Å². The predicted molar refractivity (Wildman–Crippen MR) is 281 cm³/mol. The first kappa shape index (κ1) is 38.9. The molecule has 1 aromatic heterocycles. The lowest BCUT2D eigenvalue weighted by atomic mass is 9.91. The highest BCUT2D eigenvalue weighted by Gasteiger charge is 2.27. The van der Waals surface area contributed by atoms with E-state index in [1.54, 1.807) is 6.07 Å². The van der Waals surface area contributed by atoms with E-state index in [0.29, 0.717) is 5.69 Å². The van der Waals surface area contributed by atoms with Gasteiger partial charge >= 0.3 is 0 Å². The highest BCUT2D eigenvalue weighted by atomic mass is 19.1. The Hall–Kier alpha value is -8.47. The summed E-state index contributed by atoms with van der Waals surface area (Å²) < 4.78 is 24.3. The van der Waals surface area contributed by atoms with Gasteiger partial charge < -0.3 is 14.2 Å². The van der Waals surface area contributed by atoms with Gasteiger partial charge in [0.2, 0.25) is 0 Å². The van der Waals surface area contributed by atoms with Crippen LogP contribution >= 0.6 is 0 Å². The molecule has 4 heteroatoms. The number of nitrogens with zero attached hydrogens (tertiary/aromatic N) is 2. The number of hydrogen-bond donors (Lipinski definition) is 0. The van der Waals surface area contributed by atoms with Crippen molar-refractivity contribution in [2.24, 2.45) is 0 Å². The topological polar surface area (TPSA) is 19.6 Å². The lowest BCUT2D eigenvalue weighted by Crippen LogP contribution is -2.14. The Bertz CT molecular complexity index is 4000. The summed E-state index contributed by atoms with van der Waals surface area (Å²) in [6.07, 6.45) is 0. The van der Waals surface area contributed by atoms with Crippen LogP contribution in [0.4, 0.5) is 38.5 Å². The van der Waals surface area contributed by atoms with E-state index in [4.69, 9.17) is 4.42 Å². The van der Waals surface area contributed by atoms with E-state index in [0.717, 1.165) is 105 Å². The molecule has 67 heavy (non-hydrogen) atoms. The zero-order valence-electron chi connectivity index (χ0n) is 37.3. The summed E-state index contributed by atoms with van der Waals surface area (Å²) in [4.78, 5) is 4.56. The maximum atomic E-state index is 17.6. The number of benzene rings is 12. The van der Waals surface area contributed by atoms with E-state index in [9.17, 15) is 0 Å². The SMILES string of the molecule is Cc1cc(C)c(N(c2cc3ccc4cccc5oc(c2)c3c45)c2ccc3ccc4c(N(c5ccccc5)c5c(F)cc(-c6ccccc6)cc5-c5ccccc5)ccc5ccc2c3c54)c(C)c1. The van der Waals surface area contributed by atoms with Crippen molar-refractivity contribution in [1.82, 2.24) is 0 Å². The molecule has 0 unspecified atom stereocenters. The van der Waals surface area contributed by atoms with Crippen LogP contribution < -0.4 is 9.80 Å².